The van der Waals surface area contributed by atoms with E-state index in [2.05, 4.69) is 32.7 Å². The van der Waals surface area contributed by atoms with Crippen molar-refractivity contribution in [2.45, 2.75) is 26.0 Å². The topological polar surface area (TPSA) is 59.1 Å². The Balaban J connectivity index is 1.26. The van der Waals surface area contributed by atoms with Gasteiger partial charge < -0.3 is 15.4 Å². The monoisotopic (exact) mass is 362 g/mol. The minimum absolute atomic E-state index is 0.562. The first-order chi connectivity index (χ1) is 13.4. The lowest BCUT2D eigenvalue weighted by molar-refractivity contribution is 0.306. The molecule has 0 atom stereocenters. The largest absolute Gasteiger partial charge is 0.489 e. The lowest BCUT2D eigenvalue weighted by Gasteiger charge is -2.09. The molecule has 2 N–H and O–H groups in total. The molecular formula is C22H26N4O. The third kappa shape index (κ3) is 7.07. The zero-order chi connectivity index (χ0) is 18.6. The van der Waals surface area contributed by atoms with Crippen LogP contribution >= 0.6 is 0 Å². The van der Waals surface area contributed by atoms with Crippen molar-refractivity contribution in [1.82, 2.24) is 15.3 Å². The summed E-state index contributed by atoms with van der Waals surface area (Å²) >= 11 is 0. The minimum atomic E-state index is 0.562. The highest BCUT2D eigenvalue weighted by Gasteiger charge is 1.98. The van der Waals surface area contributed by atoms with Crippen molar-refractivity contribution in [3.05, 3.63) is 84.3 Å². The summed E-state index contributed by atoms with van der Waals surface area (Å²) in [7, 11) is 0. The Kier molecular flexibility index (Phi) is 7.64. The second kappa shape index (κ2) is 10.9. The van der Waals surface area contributed by atoms with Crippen LogP contribution in [0.4, 0.5) is 5.82 Å². The molecule has 3 aromatic rings. The van der Waals surface area contributed by atoms with Crippen LogP contribution in [0, 0.1) is 0 Å². The Morgan fingerprint density at radius 2 is 1.59 bits per heavy atom. The summed E-state index contributed by atoms with van der Waals surface area (Å²) in [4.78, 5) is 8.26. The van der Waals surface area contributed by atoms with Gasteiger partial charge >= 0.3 is 0 Å². The zero-order valence-electron chi connectivity index (χ0n) is 15.5. The number of nitrogens with zero attached hydrogens (tertiary/aromatic N) is 2. The molecule has 0 amide bonds. The molecule has 0 unspecified atom stereocenters. The first kappa shape index (κ1) is 18.9. The maximum Gasteiger partial charge on any atom is 0.125 e. The van der Waals surface area contributed by atoms with Crippen LogP contribution in [0.2, 0.25) is 0 Å². The quantitative estimate of drug-likeness (QED) is 0.504. The molecule has 0 aliphatic rings. The van der Waals surface area contributed by atoms with Crippen LogP contribution in [-0.2, 0) is 13.2 Å². The van der Waals surface area contributed by atoms with Crippen molar-refractivity contribution in [3.63, 3.8) is 0 Å². The number of hydrogen-bond donors (Lipinski definition) is 2. The lowest BCUT2D eigenvalue weighted by atomic mass is 10.2. The number of unbranched alkanes of at least 4 members (excludes halogenated alkanes) is 1. The number of ether oxygens (including phenoxy) is 1. The number of benzene rings is 1. The van der Waals surface area contributed by atoms with Crippen LogP contribution in [0.5, 0.6) is 5.75 Å². The van der Waals surface area contributed by atoms with Crippen molar-refractivity contribution in [1.29, 1.82) is 0 Å². The Morgan fingerprint density at radius 3 is 2.37 bits per heavy atom. The molecule has 0 fully saturated rings. The summed E-state index contributed by atoms with van der Waals surface area (Å²) in [5, 5.41) is 6.81. The fourth-order valence-corrected chi connectivity index (χ4v) is 2.64. The molecule has 1 aromatic carbocycles. The van der Waals surface area contributed by atoms with Gasteiger partial charge in [-0.3, -0.25) is 4.98 Å². The molecule has 3 rings (SSSR count). The van der Waals surface area contributed by atoms with Crippen LogP contribution in [0.25, 0.3) is 0 Å². The van der Waals surface area contributed by atoms with Gasteiger partial charge in [-0.2, -0.15) is 0 Å². The Bertz CT molecular complexity index is 763. The van der Waals surface area contributed by atoms with E-state index in [0.717, 1.165) is 49.6 Å². The fraction of sp³-hybridized carbons (Fsp3) is 0.273. The van der Waals surface area contributed by atoms with E-state index in [-0.39, 0.29) is 0 Å². The summed E-state index contributed by atoms with van der Waals surface area (Å²) in [5.74, 6) is 1.83. The molecular weight excluding hydrogens is 336 g/mol. The molecule has 2 aromatic heterocycles. The number of nitrogens with one attached hydrogen (secondary N) is 2. The van der Waals surface area contributed by atoms with Gasteiger partial charge in [-0.1, -0.05) is 18.2 Å². The smallest absolute Gasteiger partial charge is 0.125 e. The highest BCUT2D eigenvalue weighted by Crippen LogP contribution is 2.14. The number of aromatic nitrogens is 2. The summed E-state index contributed by atoms with van der Waals surface area (Å²) < 4.78 is 5.79. The minimum Gasteiger partial charge on any atom is -0.489 e. The Morgan fingerprint density at radius 1 is 0.778 bits per heavy atom. The van der Waals surface area contributed by atoms with E-state index in [4.69, 9.17) is 4.74 Å². The van der Waals surface area contributed by atoms with Crippen molar-refractivity contribution in [3.8, 4) is 5.75 Å². The third-order valence-corrected chi connectivity index (χ3v) is 4.16. The van der Waals surface area contributed by atoms with E-state index in [9.17, 15) is 0 Å². The average Bonchev–Trinajstić information content (AvgIpc) is 2.74. The van der Waals surface area contributed by atoms with Gasteiger partial charge in [-0.15, -0.1) is 0 Å². The molecule has 0 aliphatic carbocycles. The zero-order valence-corrected chi connectivity index (χ0v) is 15.5. The van der Waals surface area contributed by atoms with Crippen molar-refractivity contribution in [2.24, 2.45) is 0 Å². The SMILES string of the molecule is c1ccc(NCCCCNCc2ccc(OCc3ccncc3)cc2)nc1. The standard InChI is InChI=1S/C22H26N4O/c1-2-13-25-22(5-1)26-14-4-3-12-24-17-19-6-8-21(9-7-19)27-18-20-10-15-23-16-11-20/h1-2,5-11,13,15-16,24H,3-4,12,14,17-18H2,(H,25,26). The lowest BCUT2D eigenvalue weighted by Crippen LogP contribution is -2.15. The van der Waals surface area contributed by atoms with Gasteiger partial charge in [0.2, 0.25) is 0 Å². The van der Waals surface area contributed by atoms with Crippen molar-refractivity contribution < 1.29 is 4.74 Å². The molecule has 2 heterocycles. The third-order valence-electron chi connectivity index (χ3n) is 4.16. The molecule has 5 nitrogen and oxygen atoms in total. The second-order valence-electron chi connectivity index (χ2n) is 6.31. The van der Waals surface area contributed by atoms with Gasteiger partial charge in [0.05, 0.1) is 0 Å². The number of hydrogen-bond acceptors (Lipinski definition) is 5. The molecule has 140 valence electrons. The van der Waals surface area contributed by atoms with Crippen LogP contribution in [0.3, 0.4) is 0 Å². The Hall–Kier alpha value is -2.92. The highest BCUT2D eigenvalue weighted by atomic mass is 16.5. The Labute approximate surface area is 160 Å². The van der Waals surface area contributed by atoms with Crippen LogP contribution < -0.4 is 15.4 Å². The van der Waals surface area contributed by atoms with Gasteiger partial charge in [0.25, 0.3) is 0 Å². The van der Waals surface area contributed by atoms with Crippen molar-refractivity contribution in [2.75, 3.05) is 18.4 Å². The molecule has 0 saturated carbocycles. The molecule has 0 saturated heterocycles. The van der Waals surface area contributed by atoms with Gasteiger partial charge in [0.15, 0.2) is 0 Å². The van der Waals surface area contributed by atoms with Gasteiger partial charge in [-0.05, 0) is 66.9 Å². The predicted octanol–water partition coefficient (Wildman–Crippen LogP) is 4.04. The number of anilines is 1. The van der Waals surface area contributed by atoms with Gasteiger partial charge in [0, 0.05) is 31.7 Å². The maximum atomic E-state index is 5.79. The van der Waals surface area contributed by atoms with E-state index in [1.165, 1.54) is 5.56 Å². The predicted molar refractivity (Wildman–Crippen MR) is 109 cm³/mol. The summed E-state index contributed by atoms with van der Waals surface area (Å²) in [6.07, 6.45) is 7.61. The van der Waals surface area contributed by atoms with E-state index in [1.807, 2.05) is 42.5 Å². The molecule has 27 heavy (non-hydrogen) atoms. The highest BCUT2D eigenvalue weighted by molar-refractivity contribution is 5.32. The second-order valence-corrected chi connectivity index (χ2v) is 6.31. The first-order valence-electron chi connectivity index (χ1n) is 9.36. The molecule has 0 spiro atoms. The van der Waals surface area contributed by atoms with Crippen molar-refractivity contribution >= 4 is 5.82 Å². The molecule has 5 heteroatoms. The number of pyridine rings is 2. The first-order valence-corrected chi connectivity index (χ1v) is 9.36. The molecule has 0 bridgehead atoms. The average molecular weight is 362 g/mol. The van der Waals surface area contributed by atoms with Crippen LogP contribution in [-0.4, -0.2) is 23.1 Å². The summed E-state index contributed by atoms with van der Waals surface area (Å²) in [5.41, 5.74) is 2.38. The van der Waals surface area contributed by atoms with Crippen LogP contribution in [0.1, 0.15) is 24.0 Å². The van der Waals surface area contributed by atoms with E-state index in [1.54, 1.807) is 18.6 Å². The summed E-state index contributed by atoms with van der Waals surface area (Å²) in [6.45, 7) is 3.39. The van der Waals surface area contributed by atoms with Gasteiger partial charge in [0.1, 0.15) is 18.2 Å². The van der Waals surface area contributed by atoms with Gasteiger partial charge in [-0.25, -0.2) is 4.98 Å². The fourth-order valence-electron chi connectivity index (χ4n) is 2.64. The van der Waals surface area contributed by atoms with E-state index >= 15 is 0 Å². The molecule has 0 aliphatic heterocycles. The van der Waals surface area contributed by atoms with E-state index < -0.39 is 0 Å². The number of rotatable bonds is 11. The maximum absolute atomic E-state index is 5.79. The summed E-state index contributed by atoms with van der Waals surface area (Å²) in [6, 6.07) is 18.1. The molecule has 0 radical (unpaired) electrons. The van der Waals surface area contributed by atoms with Crippen LogP contribution in [0.15, 0.2) is 73.2 Å². The van der Waals surface area contributed by atoms with E-state index in [0.29, 0.717) is 6.61 Å². The normalized spacial score (nSPS) is 10.5.